The Morgan fingerprint density at radius 2 is 2.04 bits per heavy atom. The summed E-state index contributed by atoms with van der Waals surface area (Å²) in [7, 11) is 0. The van der Waals surface area contributed by atoms with Gasteiger partial charge in [-0.2, -0.15) is 0 Å². The van der Waals surface area contributed by atoms with Gasteiger partial charge in [-0.15, -0.1) is 0 Å². The molecule has 0 spiro atoms. The number of esters is 1. The highest BCUT2D eigenvalue weighted by Crippen LogP contribution is 2.32. The Balaban J connectivity index is 1.54. The Kier molecular flexibility index (Phi) is 4.69. The van der Waals surface area contributed by atoms with E-state index >= 15 is 0 Å². The van der Waals surface area contributed by atoms with Gasteiger partial charge in [-0.25, -0.2) is 9.78 Å². The van der Waals surface area contributed by atoms with Crippen LogP contribution in [0.3, 0.4) is 0 Å². The van der Waals surface area contributed by atoms with E-state index in [0.29, 0.717) is 19.0 Å². The first-order valence-electron chi connectivity index (χ1n) is 8.30. The molecule has 0 N–H and O–H groups in total. The van der Waals surface area contributed by atoms with E-state index in [1.807, 2.05) is 0 Å². The number of benzene rings is 2. The molecule has 0 radical (unpaired) electrons. The number of rotatable bonds is 4. The fourth-order valence-electron chi connectivity index (χ4n) is 2.76. The third kappa shape index (κ3) is 3.74. The van der Waals surface area contributed by atoms with Crippen LogP contribution in [0.1, 0.15) is 10.4 Å². The van der Waals surface area contributed by atoms with Crippen LogP contribution in [0.5, 0.6) is 5.75 Å². The van der Waals surface area contributed by atoms with Gasteiger partial charge in [0.15, 0.2) is 5.13 Å². The lowest BCUT2D eigenvalue weighted by Crippen LogP contribution is -2.36. The molecule has 0 amide bonds. The molecular weight excluding hydrogens is 370 g/mol. The first-order valence-corrected chi connectivity index (χ1v) is 9.12. The average molecular weight is 385 g/mol. The summed E-state index contributed by atoms with van der Waals surface area (Å²) in [4.78, 5) is 29.4. The minimum Gasteiger partial charge on any atom is -0.423 e. The van der Waals surface area contributed by atoms with Crippen molar-refractivity contribution in [3.8, 4) is 5.75 Å². The number of aromatic nitrogens is 1. The highest BCUT2D eigenvalue weighted by atomic mass is 32.1. The maximum atomic E-state index is 12.3. The van der Waals surface area contributed by atoms with E-state index in [2.05, 4.69) is 9.88 Å². The molecule has 1 aliphatic heterocycles. The molecule has 1 aliphatic rings. The Morgan fingerprint density at radius 3 is 2.81 bits per heavy atom. The van der Waals surface area contributed by atoms with Gasteiger partial charge in [-0.3, -0.25) is 10.1 Å². The molecular formula is C18H15N3O5S. The third-order valence-corrected chi connectivity index (χ3v) is 5.21. The number of hydrogen-bond donors (Lipinski definition) is 0. The van der Waals surface area contributed by atoms with Crippen molar-refractivity contribution in [2.75, 3.05) is 31.2 Å². The minimum atomic E-state index is -0.643. The number of carbonyl (C=O) groups excluding carboxylic acids is 1. The number of non-ortho nitro benzene ring substituents is 1. The molecule has 138 valence electrons. The Labute approximate surface area is 158 Å². The zero-order chi connectivity index (χ0) is 18.8. The van der Waals surface area contributed by atoms with Crippen LogP contribution in [-0.4, -0.2) is 42.2 Å². The molecule has 9 heteroatoms. The van der Waals surface area contributed by atoms with Crippen molar-refractivity contribution in [1.29, 1.82) is 0 Å². The molecule has 1 saturated heterocycles. The molecule has 2 heterocycles. The Morgan fingerprint density at radius 1 is 1.22 bits per heavy atom. The van der Waals surface area contributed by atoms with Crippen molar-refractivity contribution in [2.24, 2.45) is 0 Å². The molecule has 0 atom stereocenters. The maximum absolute atomic E-state index is 12.3. The predicted octanol–water partition coefficient (Wildman–Crippen LogP) is 3.26. The number of fused-ring (bicyclic) bond motifs is 1. The van der Waals surface area contributed by atoms with E-state index in [1.54, 1.807) is 18.2 Å². The molecule has 0 unspecified atom stereocenters. The van der Waals surface area contributed by atoms with Crippen molar-refractivity contribution < 1.29 is 19.2 Å². The highest BCUT2D eigenvalue weighted by Gasteiger charge is 2.17. The van der Waals surface area contributed by atoms with Crippen LogP contribution in [0.25, 0.3) is 10.2 Å². The fraction of sp³-hybridized carbons (Fsp3) is 0.222. The lowest BCUT2D eigenvalue weighted by molar-refractivity contribution is -0.384. The Hall–Kier alpha value is -3.04. The molecule has 1 fully saturated rings. The number of ether oxygens (including phenoxy) is 2. The van der Waals surface area contributed by atoms with Crippen molar-refractivity contribution in [3.05, 3.63) is 58.1 Å². The van der Waals surface area contributed by atoms with Gasteiger partial charge in [-0.1, -0.05) is 17.4 Å². The van der Waals surface area contributed by atoms with Crippen molar-refractivity contribution >= 4 is 38.3 Å². The van der Waals surface area contributed by atoms with Crippen LogP contribution in [0.4, 0.5) is 10.8 Å². The fourth-order valence-corrected chi connectivity index (χ4v) is 3.80. The smallest absolute Gasteiger partial charge is 0.343 e. The van der Waals surface area contributed by atoms with Crippen molar-refractivity contribution in [2.45, 2.75) is 0 Å². The Bertz CT molecular complexity index is 1010. The van der Waals surface area contributed by atoms with Crippen LogP contribution in [-0.2, 0) is 4.74 Å². The van der Waals surface area contributed by atoms with Gasteiger partial charge in [-0.05, 0) is 18.2 Å². The summed E-state index contributed by atoms with van der Waals surface area (Å²) in [6, 6.07) is 10.7. The number of carbonyl (C=O) groups is 1. The normalized spacial score (nSPS) is 14.3. The number of nitrogens with zero attached hydrogens (tertiary/aromatic N) is 3. The molecule has 0 saturated carbocycles. The van der Waals surface area contributed by atoms with Gasteiger partial charge in [0.25, 0.3) is 5.69 Å². The quantitative estimate of drug-likeness (QED) is 0.294. The summed E-state index contributed by atoms with van der Waals surface area (Å²) in [5, 5.41) is 11.8. The van der Waals surface area contributed by atoms with Crippen molar-refractivity contribution in [3.63, 3.8) is 0 Å². The van der Waals surface area contributed by atoms with E-state index in [4.69, 9.17) is 9.47 Å². The summed E-state index contributed by atoms with van der Waals surface area (Å²) in [6.07, 6.45) is 0. The van der Waals surface area contributed by atoms with Crippen LogP contribution >= 0.6 is 11.3 Å². The average Bonchev–Trinajstić information content (AvgIpc) is 3.12. The monoisotopic (exact) mass is 385 g/mol. The zero-order valence-electron chi connectivity index (χ0n) is 14.2. The summed E-state index contributed by atoms with van der Waals surface area (Å²) < 4.78 is 11.6. The molecule has 0 bridgehead atoms. The largest absolute Gasteiger partial charge is 0.423 e. The molecule has 27 heavy (non-hydrogen) atoms. The highest BCUT2D eigenvalue weighted by molar-refractivity contribution is 7.22. The number of thiazole rings is 1. The van der Waals surface area contributed by atoms with Crippen LogP contribution in [0.2, 0.25) is 0 Å². The number of nitro groups is 1. The minimum absolute atomic E-state index is 0.127. The van der Waals surface area contributed by atoms with Crippen molar-refractivity contribution in [1.82, 2.24) is 4.98 Å². The summed E-state index contributed by atoms with van der Waals surface area (Å²) in [5.74, 6) is -0.271. The summed E-state index contributed by atoms with van der Waals surface area (Å²) in [6.45, 7) is 2.97. The van der Waals surface area contributed by atoms with Gasteiger partial charge in [0.1, 0.15) is 5.75 Å². The lowest BCUT2D eigenvalue weighted by atomic mass is 10.2. The third-order valence-electron chi connectivity index (χ3n) is 4.13. The number of nitro benzene ring substituents is 1. The van der Waals surface area contributed by atoms with E-state index in [9.17, 15) is 14.9 Å². The summed E-state index contributed by atoms with van der Waals surface area (Å²) in [5.41, 5.74) is 0.803. The van der Waals surface area contributed by atoms with Crippen LogP contribution < -0.4 is 9.64 Å². The maximum Gasteiger partial charge on any atom is 0.343 e. The number of hydrogen-bond acceptors (Lipinski definition) is 8. The predicted molar refractivity (Wildman–Crippen MR) is 101 cm³/mol. The van der Waals surface area contributed by atoms with E-state index in [1.165, 1.54) is 35.6 Å². The van der Waals surface area contributed by atoms with E-state index in [0.717, 1.165) is 28.4 Å². The first kappa shape index (κ1) is 17.4. The van der Waals surface area contributed by atoms with Crippen LogP contribution in [0, 0.1) is 10.1 Å². The summed E-state index contributed by atoms with van der Waals surface area (Å²) >= 11 is 1.53. The molecule has 2 aromatic carbocycles. The van der Waals surface area contributed by atoms with E-state index < -0.39 is 10.9 Å². The second-order valence-corrected chi connectivity index (χ2v) is 6.93. The lowest BCUT2D eigenvalue weighted by Gasteiger charge is -2.25. The molecule has 0 aliphatic carbocycles. The zero-order valence-corrected chi connectivity index (χ0v) is 15.0. The first-order chi connectivity index (χ1) is 13.1. The van der Waals surface area contributed by atoms with E-state index in [-0.39, 0.29) is 11.3 Å². The van der Waals surface area contributed by atoms with Crippen LogP contribution in [0.15, 0.2) is 42.5 Å². The SMILES string of the molecule is O=C(Oc1ccc2nc(N3CCOCC3)sc2c1)c1cccc([N+](=O)[O-])c1. The van der Waals surface area contributed by atoms with Gasteiger partial charge in [0, 0.05) is 31.3 Å². The molecule has 4 rings (SSSR count). The van der Waals surface area contributed by atoms with Gasteiger partial charge < -0.3 is 14.4 Å². The van der Waals surface area contributed by atoms with Gasteiger partial charge >= 0.3 is 5.97 Å². The van der Waals surface area contributed by atoms with Gasteiger partial charge in [0.05, 0.1) is 33.9 Å². The second-order valence-electron chi connectivity index (χ2n) is 5.92. The number of morpholine rings is 1. The number of anilines is 1. The molecule has 1 aromatic heterocycles. The van der Waals surface area contributed by atoms with Gasteiger partial charge in [0.2, 0.25) is 0 Å². The topological polar surface area (TPSA) is 94.8 Å². The molecule has 3 aromatic rings. The molecule has 8 nitrogen and oxygen atoms in total. The standard InChI is InChI=1S/C18H15N3O5S/c22-17(12-2-1-3-13(10-12)21(23)24)26-14-4-5-15-16(11-14)27-18(19-15)20-6-8-25-9-7-20/h1-5,10-11H,6-9H2. The second kappa shape index (κ2) is 7.29.